The molecule has 0 aliphatic heterocycles. The number of carbonyl (C=O) groups excluding carboxylic acids is 1. The predicted molar refractivity (Wildman–Crippen MR) is 88.5 cm³/mol. The van der Waals surface area contributed by atoms with Crippen molar-refractivity contribution >= 4 is 21.5 Å². The second-order valence-electron chi connectivity index (χ2n) is 4.94. The lowest BCUT2D eigenvalue weighted by Gasteiger charge is -2.09. The van der Waals surface area contributed by atoms with Gasteiger partial charge in [0, 0.05) is 11.9 Å². The molecule has 0 heterocycles. The van der Waals surface area contributed by atoms with E-state index in [1.165, 1.54) is 12.1 Å². The molecule has 1 N–H and O–H groups in total. The lowest BCUT2D eigenvalue weighted by Crippen LogP contribution is -2.17. The van der Waals surface area contributed by atoms with Gasteiger partial charge in [-0.3, -0.25) is 0 Å². The van der Waals surface area contributed by atoms with Crippen LogP contribution in [0.5, 0.6) is 0 Å². The maximum absolute atomic E-state index is 13.8. The number of carbonyl (C=O) groups is 1. The van der Waals surface area contributed by atoms with Crippen LogP contribution in [-0.2, 0) is 19.4 Å². The molecule has 7 heteroatoms. The number of anilines is 1. The summed E-state index contributed by atoms with van der Waals surface area (Å²) in [5.74, 6) is -2.03. The van der Waals surface area contributed by atoms with E-state index in [2.05, 4.69) is 10.1 Å². The van der Waals surface area contributed by atoms with Gasteiger partial charge < -0.3 is 10.1 Å². The van der Waals surface area contributed by atoms with E-state index in [9.17, 15) is 17.6 Å². The normalized spacial score (nSPS) is 11.9. The molecule has 5 nitrogen and oxygen atoms in total. The maximum atomic E-state index is 13.8. The molecule has 0 aliphatic carbocycles. The first-order chi connectivity index (χ1) is 11.4. The van der Waals surface area contributed by atoms with E-state index in [0.29, 0.717) is 5.69 Å². The molecule has 126 valence electrons. The van der Waals surface area contributed by atoms with Crippen molar-refractivity contribution in [2.24, 2.45) is 0 Å². The van der Waals surface area contributed by atoms with Crippen LogP contribution in [0, 0.1) is 12.7 Å². The van der Waals surface area contributed by atoms with Crippen LogP contribution in [0.15, 0.2) is 64.5 Å². The predicted octanol–water partition coefficient (Wildman–Crippen LogP) is 3.03. The van der Waals surface area contributed by atoms with E-state index in [-0.39, 0.29) is 0 Å². The molecule has 2 rings (SSSR count). The van der Waals surface area contributed by atoms with Gasteiger partial charge in [0.2, 0.25) is 9.84 Å². The Morgan fingerprint density at radius 1 is 1.12 bits per heavy atom. The SMILES string of the molecule is COC(=O)C(=CNc1ccc(C)cc1)S(=O)(=O)c1ccccc1F. The van der Waals surface area contributed by atoms with Crippen molar-refractivity contribution in [3.63, 3.8) is 0 Å². The number of benzene rings is 2. The molecule has 2 aromatic carbocycles. The van der Waals surface area contributed by atoms with Crippen LogP contribution in [0.2, 0.25) is 0 Å². The average molecular weight is 349 g/mol. The summed E-state index contributed by atoms with van der Waals surface area (Å²) in [5, 5.41) is 2.72. The number of nitrogens with one attached hydrogen (secondary N) is 1. The quantitative estimate of drug-likeness (QED) is 0.663. The minimum atomic E-state index is -4.37. The van der Waals surface area contributed by atoms with E-state index in [1.54, 1.807) is 12.1 Å². The molecule has 0 spiro atoms. The fourth-order valence-electron chi connectivity index (χ4n) is 1.93. The summed E-state index contributed by atoms with van der Waals surface area (Å²) in [7, 11) is -3.32. The molecule has 0 radical (unpaired) electrons. The minimum Gasteiger partial charge on any atom is -0.465 e. The Morgan fingerprint density at radius 3 is 2.33 bits per heavy atom. The van der Waals surface area contributed by atoms with E-state index in [4.69, 9.17) is 0 Å². The molecule has 0 atom stereocenters. The number of hydrogen-bond donors (Lipinski definition) is 1. The van der Waals surface area contributed by atoms with Crippen molar-refractivity contribution in [3.8, 4) is 0 Å². The van der Waals surface area contributed by atoms with Crippen LogP contribution in [0.25, 0.3) is 0 Å². The van der Waals surface area contributed by atoms with Crippen LogP contribution < -0.4 is 5.32 Å². The highest BCUT2D eigenvalue weighted by Gasteiger charge is 2.30. The topological polar surface area (TPSA) is 72.5 Å². The van der Waals surface area contributed by atoms with Crippen molar-refractivity contribution in [1.82, 2.24) is 0 Å². The van der Waals surface area contributed by atoms with E-state index >= 15 is 0 Å². The monoisotopic (exact) mass is 349 g/mol. The number of sulfone groups is 1. The van der Waals surface area contributed by atoms with Crippen LogP contribution >= 0.6 is 0 Å². The number of aryl methyl sites for hydroxylation is 1. The smallest absolute Gasteiger partial charge is 0.351 e. The van der Waals surface area contributed by atoms with Gasteiger partial charge in [0.25, 0.3) is 0 Å². The Hall–Kier alpha value is -2.67. The van der Waals surface area contributed by atoms with Crippen molar-refractivity contribution in [2.45, 2.75) is 11.8 Å². The zero-order valence-corrected chi connectivity index (χ0v) is 13.9. The molecule has 0 aliphatic rings. The third kappa shape index (κ3) is 3.80. The molecule has 0 aromatic heterocycles. The van der Waals surface area contributed by atoms with Gasteiger partial charge in [-0.2, -0.15) is 0 Å². The first-order valence-electron chi connectivity index (χ1n) is 6.97. The van der Waals surface area contributed by atoms with E-state index < -0.39 is 31.4 Å². The Morgan fingerprint density at radius 2 is 1.75 bits per heavy atom. The third-order valence-electron chi connectivity index (χ3n) is 3.22. The first kappa shape index (κ1) is 17.7. The lowest BCUT2D eigenvalue weighted by atomic mass is 10.2. The summed E-state index contributed by atoms with van der Waals surface area (Å²) in [6, 6.07) is 11.9. The molecule has 0 fully saturated rings. The summed E-state index contributed by atoms with van der Waals surface area (Å²) in [6.07, 6.45) is 0.998. The highest BCUT2D eigenvalue weighted by Crippen LogP contribution is 2.23. The number of halogens is 1. The standard InChI is InChI=1S/C17H16FNO4S/c1-12-7-9-13(10-8-12)19-11-16(17(20)23-2)24(21,22)15-6-4-3-5-14(15)18/h3-11,19H,1-2H3. The number of rotatable bonds is 5. The molecule has 0 saturated carbocycles. The zero-order chi connectivity index (χ0) is 17.7. The van der Waals surface area contributed by atoms with Gasteiger partial charge in [-0.1, -0.05) is 29.8 Å². The van der Waals surface area contributed by atoms with Crippen molar-refractivity contribution in [3.05, 3.63) is 71.0 Å². The Bertz CT molecular complexity index is 874. The summed E-state index contributed by atoms with van der Waals surface area (Å²) >= 11 is 0. The number of methoxy groups -OCH3 is 1. The molecular formula is C17H16FNO4S. The molecule has 0 saturated heterocycles. The Labute approximate surface area is 139 Å². The van der Waals surface area contributed by atoms with Crippen LogP contribution in [0.1, 0.15) is 5.56 Å². The first-order valence-corrected chi connectivity index (χ1v) is 8.46. The van der Waals surface area contributed by atoms with E-state index in [1.807, 2.05) is 19.1 Å². The molecular weight excluding hydrogens is 333 g/mol. The number of ether oxygens (including phenoxy) is 1. The highest BCUT2D eigenvalue weighted by molar-refractivity contribution is 7.96. The lowest BCUT2D eigenvalue weighted by molar-refractivity contribution is -0.135. The van der Waals surface area contributed by atoms with Gasteiger partial charge >= 0.3 is 5.97 Å². The minimum absolute atomic E-state index is 0.575. The average Bonchev–Trinajstić information content (AvgIpc) is 2.56. The molecule has 24 heavy (non-hydrogen) atoms. The third-order valence-corrected chi connectivity index (χ3v) is 5.00. The number of esters is 1. The van der Waals surface area contributed by atoms with Gasteiger partial charge in [-0.15, -0.1) is 0 Å². The van der Waals surface area contributed by atoms with Crippen LogP contribution in [0.3, 0.4) is 0 Å². The van der Waals surface area contributed by atoms with Gasteiger partial charge in [0.05, 0.1) is 7.11 Å². The molecule has 2 aromatic rings. The summed E-state index contributed by atoms with van der Waals surface area (Å²) in [5.41, 5.74) is 1.60. The van der Waals surface area contributed by atoms with Gasteiger partial charge in [0.15, 0.2) is 4.91 Å². The Kier molecular flexibility index (Phi) is 5.35. The molecule has 0 unspecified atom stereocenters. The molecule has 0 bridgehead atoms. The van der Waals surface area contributed by atoms with Crippen molar-refractivity contribution in [2.75, 3.05) is 12.4 Å². The number of hydrogen-bond acceptors (Lipinski definition) is 5. The zero-order valence-electron chi connectivity index (χ0n) is 13.1. The van der Waals surface area contributed by atoms with Gasteiger partial charge in [-0.25, -0.2) is 17.6 Å². The summed E-state index contributed by atoms with van der Waals surface area (Å²) in [6.45, 7) is 1.90. The van der Waals surface area contributed by atoms with Crippen molar-refractivity contribution in [1.29, 1.82) is 0 Å². The van der Waals surface area contributed by atoms with Gasteiger partial charge in [-0.05, 0) is 31.2 Å². The van der Waals surface area contributed by atoms with Crippen LogP contribution in [0.4, 0.5) is 10.1 Å². The van der Waals surface area contributed by atoms with E-state index in [0.717, 1.165) is 31.0 Å². The van der Waals surface area contributed by atoms with Gasteiger partial charge in [0.1, 0.15) is 10.7 Å². The molecule has 0 amide bonds. The summed E-state index contributed by atoms with van der Waals surface area (Å²) in [4.78, 5) is 10.6. The highest BCUT2D eigenvalue weighted by atomic mass is 32.2. The summed E-state index contributed by atoms with van der Waals surface area (Å²) < 4.78 is 43.5. The second kappa shape index (κ2) is 7.27. The van der Waals surface area contributed by atoms with Crippen LogP contribution in [-0.4, -0.2) is 21.5 Å². The maximum Gasteiger partial charge on any atom is 0.351 e. The fourth-order valence-corrected chi connectivity index (χ4v) is 3.26. The second-order valence-corrected chi connectivity index (χ2v) is 6.83. The Balaban J connectivity index is 2.45. The van der Waals surface area contributed by atoms with Crippen molar-refractivity contribution < 1.29 is 22.3 Å². The largest absolute Gasteiger partial charge is 0.465 e. The fraction of sp³-hybridized carbons (Fsp3) is 0.118.